The Balaban J connectivity index is 1.63. The topological polar surface area (TPSA) is 75.4 Å². The van der Waals surface area contributed by atoms with Gasteiger partial charge in [0, 0.05) is 24.7 Å². The summed E-state index contributed by atoms with van der Waals surface area (Å²) in [6, 6.07) is 11.4. The van der Waals surface area contributed by atoms with Crippen molar-refractivity contribution in [2.24, 2.45) is 5.92 Å². The Morgan fingerprint density at radius 2 is 2.13 bits per heavy atom. The van der Waals surface area contributed by atoms with Crippen molar-refractivity contribution in [2.75, 3.05) is 13.1 Å². The Hall–Kier alpha value is -1.70. The van der Waals surface area contributed by atoms with Crippen LogP contribution in [0.1, 0.15) is 25.5 Å². The van der Waals surface area contributed by atoms with Crippen LogP contribution in [0.2, 0.25) is 0 Å². The molecule has 2 heterocycles. The summed E-state index contributed by atoms with van der Waals surface area (Å²) in [4.78, 5) is 0. The van der Waals surface area contributed by atoms with Gasteiger partial charge in [0.2, 0.25) is 0 Å². The van der Waals surface area contributed by atoms with E-state index in [9.17, 15) is 8.42 Å². The first-order valence-electron chi connectivity index (χ1n) is 7.80. The zero-order valence-electron chi connectivity index (χ0n) is 13.1. The maximum Gasteiger partial charge on any atom is 0.279 e. The van der Waals surface area contributed by atoms with Gasteiger partial charge in [0.1, 0.15) is 5.69 Å². The van der Waals surface area contributed by atoms with Gasteiger partial charge < -0.3 is 4.52 Å². The van der Waals surface area contributed by atoms with Crippen LogP contribution >= 0.6 is 0 Å². The summed E-state index contributed by atoms with van der Waals surface area (Å²) in [5, 5.41) is 3.99. The normalized spacial score (nSPS) is 19.8. The average Bonchev–Trinajstić information content (AvgIpc) is 3.03. The van der Waals surface area contributed by atoms with E-state index in [4.69, 9.17) is 4.52 Å². The van der Waals surface area contributed by atoms with Crippen LogP contribution < -0.4 is 4.72 Å². The molecule has 0 bridgehead atoms. The predicted octanol–water partition coefficient (Wildman–Crippen LogP) is 2.41. The summed E-state index contributed by atoms with van der Waals surface area (Å²) >= 11 is 0. The summed E-state index contributed by atoms with van der Waals surface area (Å²) in [5.74, 6) is 0.896. The molecule has 0 saturated carbocycles. The Labute approximate surface area is 136 Å². The highest BCUT2D eigenvalue weighted by atomic mass is 32.2. The molecule has 1 aromatic carbocycles. The number of hydrogen-bond donors (Lipinski definition) is 1. The minimum Gasteiger partial charge on any atom is -0.359 e. The molecule has 1 atom stereocenters. The van der Waals surface area contributed by atoms with Crippen molar-refractivity contribution in [3.63, 3.8) is 0 Å². The number of rotatable bonds is 5. The van der Waals surface area contributed by atoms with E-state index in [2.05, 4.69) is 16.8 Å². The molecule has 0 spiro atoms. The summed E-state index contributed by atoms with van der Waals surface area (Å²) in [7, 11) is -3.47. The van der Waals surface area contributed by atoms with Crippen molar-refractivity contribution in [3.05, 3.63) is 42.2 Å². The van der Waals surface area contributed by atoms with E-state index in [1.165, 1.54) is 4.31 Å². The van der Waals surface area contributed by atoms with Crippen LogP contribution in [0.4, 0.5) is 0 Å². The van der Waals surface area contributed by atoms with E-state index in [-0.39, 0.29) is 6.54 Å². The van der Waals surface area contributed by atoms with Crippen LogP contribution in [0.25, 0.3) is 11.3 Å². The third-order valence-electron chi connectivity index (χ3n) is 4.02. The molecular weight excluding hydrogens is 314 g/mol. The maximum atomic E-state index is 12.3. The molecule has 0 radical (unpaired) electrons. The molecule has 1 saturated heterocycles. The van der Waals surface area contributed by atoms with E-state index in [0.29, 0.717) is 30.5 Å². The molecule has 0 amide bonds. The van der Waals surface area contributed by atoms with E-state index in [1.54, 1.807) is 6.07 Å². The summed E-state index contributed by atoms with van der Waals surface area (Å²) in [5.41, 5.74) is 1.64. The van der Waals surface area contributed by atoms with Gasteiger partial charge in [0.15, 0.2) is 5.76 Å². The summed E-state index contributed by atoms with van der Waals surface area (Å²) in [6.45, 7) is 3.32. The van der Waals surface area contributed by atoms with Crippen LogP contribution in [0.3, 0.4) is 0 Å². The van der Waals surface area contributed by atoms with Crippen molar-refractivity contribution in [2.45, 2.75) is 26.3 Å². The molecule has 1 fully saturated rings. The standard InChI is InChI=1S/C16H21N3O3S/c1-13-6-5-9-19(12-13)23(20,21)17-11-15-10-16(18-22-15)14-7-3-2-4-8-14/h2-4,7-8,10,13,17H,5-6,9,11-12H2,1H3. The van der Waals surface area contributed by atoms with Crippen LogP contribution in [0.15, 0.2) is 40.9 Å². The fourth-order valence-corrected chi connectivity index (χ4v) is 4.09. The Morgan fingerprint density at radius 3 is 2.87 bits per heavy atom. The zero-order valence-corrected chi connectivity index (χ0v) is 13.9. The molecule has 6 nitrogen and oxygen atoms in total. The highest BCUT2D eigenvalue weighted by Crippen LogP contribution is 2.20. The molecule has 1 aliphatic heterocycles. The lowest BCUT2D eigenvalue weighted by Gasteiger charge is -2.29. The Bertz CT molecular complexity index is 743. The largest absolute Gasteiger partial charge is 0.359 e. The van der Waals surface area contributed by atoms with Gasteiger partial charge in [-0.2, -0.15) is 17.4 Å². The monoisotopic (exact) mass is 335 g/mol. The third kappa shape index (κ3) is 3.99. The number of hydrogen-bond acceptors (Lipinski definition) is 4. The minimum atomic E-state index is -3.47. The Morgan fingerprint density at radius 1 is 1.35 bits per heavy atom. The first-order valence-corrected chi connectivity index (χ1v) is 9.24. The maximum absolute atomic E-state index is 12.3. The fraction of sp³-hybridized carbons (Fsp3) is 0.438. The van der Waals surface area contributed by atoms with Gasteiger partial charge in [-0.3, -0.25) is 0 Å². The number of piperidine rings is 1. The third-order valence-corrected chi connectivity index (χ3v) is 5.54. The Kier molecular flexibility index (Phi) is 4.79. The second kappa shape index (κ2) is 6.82. The minimum absolute atomic E-state index is 0.104. The van der Waals surface area contributed by atoms with Crippen LogP contribution in [-0.4, -0.2) is 31.0 Å². The van der Waals surface area contributed by atoms with E-state index >= 15 is 0 Å². The lowest BCUT2D eigenvalue weighted by Crippen LogP contribution is -2.45. The molecule has 1 N–H and O–H groups in total. The first-order chi connectivity index (χ1) is 11.0. The van der Waals surface area contributed by atoms with Gasteiger partial charge in [-0.15, -0.1) is 0 Å². The van der Waals surface area contributed by atoms with Gasteiger partial charge in [-0.25, -0.2) is 0 Å². The molecule has 7 heteroatoms. The molecule has 1 aliphatic rings. The second-order valence-corrected chi connectivity index (χ2v) is 7.73. The average molecular weight is 335 g/mol. The number of nitrogens with zero attached hydrogens (tertiary/aromatic N) is 2. The van der Waals surface area contributed by atoms with Crippen molar-refractivity contribution in [3.8, 4) is 11.3 Å². The van der Waals surface area contributed by atoms with Crippen molar-refractivity contribution in [1.82, 2.24) is 14.2 Å². The molecule has 124 valence electrons. The highest BCUT2D eigenvalue weighted by molar-refractivity contribution is 7.87. The SMILES string of the molecule is CC1CCCN(S(=O)(=O)NCc2cc(-c3ccccc3)no2)C1. The predicted molar refractivity (Wildman–Crippen MR) is 87.7 cm³/mol. The molecule has 2 aromatic rings. The molecule has 0 aliphatic carbocycles. The van der Waals surface area contributed by atoms with Gasteiger partial charge in [-0.1, -0.05) is 42.4 Å². The first kappa shape index (κ1) is 16.2. The van der Waals surface area contributed by atoms with Gasteiger partial charge in [-0.05, 0) is 18.8 Å². The smallest absolute Gasteiger partial charge is 0.279 e. The molecule has 1 unspecified atom stereocenters. The molecule has 1 aromatic heterocycles. The van der Waals surface area contributed by atoms with Gasteiger partial charge >= 0.3 is 0 Å². The van der Waals surface area contributed by atoms with E-state index in [0.717, 1.165) is 18.4 Å². The molecule has 3 rings (SSSR count). The van der Waals surface area contributed by atoms with Crippen LogP contribution in [0.5, 0.6) is 0 Å². The van der Waals surface area contributed by atoms with Crippen molar-refractivity contribution < 1.29 is 12.9 Å². The zero-order chi connectivity index (χ0) is 16.3. The molecular formula is C16H21N3O3S. The van der Waals surface area contributed by atoms with Crippen molar-refractivity contribution >= 4 is 10.2 Å². The van der Waals surface area contributed by atoms with Crippen LogP contribution in [-0.2, 0) is 16.8 Å². The highest BCUT2D eigenvalue weighted by Gasteiger charge is 2.26. The van der Waals surface area contributed by atoms with Gasteiger partial charge in [0.05, 0.1) is 6.54 Å². The summed E-state index contributed by atoms with van der Waals surface area (Å²) < 4.78 is 34.0. The second-order valence-electron chi connectivity index (χ2n) is 5.98. The molecule has 23 heavy (non-hydrogen) atoms. The summed E-state index contributed by atoms with van der Waals surface area (Å²) in [6.07, 6.45) is 1.98. The van der Waals surface area contributed by atoms with Gasteiger partial charge in [0.25, 0.3) is 10.2 Å². The lowest BCUT2D eigenvalue weighted by atomic mass is 10.0. The number of benzene rings is 1. The van der Waals surface area contributed by atoms with Crippen molar-refractivity contribution in [1.29, 1.82) is 0 Å². The van der Waals surface area contributed by atoms with Crippen LogP contribution in [0, 0.1) is 5.92 Å². The lowest BCUT2D eigenvalue weighted by molar-refractivity contribution is 0.277. The number of aromatic nitrogens is 1. The fourth-order valence-electron chi connectivity index (χ4n) is 2.76. The quantitative estimate of drug-likeness (QED) is 0.910. The van der Waals surface area contributed by atoms with E-state index in [1.807, 2.05) is 30.3 Å². The number of nitrogens with one attached hydrogen (secondary N) is 1. The van der Waals surface area contributed by atoms with E-state index < -0.39 is 10.2 Å².